The SMILES string of the molecule is CNC(=O)NC(=O)[C@H](OC(=O)c1ccc2c(c1)NC(=O)CS2)c1ccccc1. The van der Waals surface area contributed by atoms with Gasteiger partial charge in [0.1, 0.15) is 0 Å². The van der Waals surface area contributed by atoms with Gasteiger partial charge >= 0.3 is 12.0 Å². The molecule has 0 saturated heterocycles. The van der Waals surface area contributed by atoms with Gasteiger partial charge in [-0.05, 0) is 18.2 Å². The minimum Gasteiger partial charge on any atom is -0.444 e. The molecule has 0 aliphatic carbocycles. The number of carbonyl (C=O) groups is 4. The summed E-state index contributed by atoms with van der Waals surface area (Å²) >= 11 is 1.37. The van der Waals surface area contributed by atoms with Crippen LogP contribution in [0.4, 0.5) is 10.5 Å². The molecule has 0 saturated carbocycles. The summed E-state index contributed by atoms with van der Waals surface area (Å²) in [4.78, 5) is 49.0. The molecule has 8 nitrogen and oxygen atoms in total. The largest absolute Gasteiger partial charge is 0.444 e. The van der Waals surface area contributed by atoms with Crippen molar-refractivity contribution in [2.45, 2.75) is 11.0 Å². The molecule has 1 aliphatic heterocycles. The second-order valence-electron chi connectivity index (χ2n) is 5.81. The van der Waals surface area contributed by atoms with Crippen LogP contribution in [0.3, 0.4) is 0 Å². The summed E-state index contributed by atoms with van der Waals surface area (Å²) in [6, 6.07) is 12.4. The molecule has 0 aromatic heterocycles. The molecule has 28 heavy (non-hydrogen) atoms. The third kappa shape index (κ3) is 4.49. The van der Waals surface area contributed by atoms with E-state index >= 15 is 0 Å². The summed E-state index contributed by atoms with van der Waals surface area (Å²) in [6.07, 6.45) is -1.31. The molecule has 1 atom stereocenters. The maximum Gasteiger partial charge on any atom is 0.339 e. The Morgan fingerprint density at radius 2 is 1.89 bits per heavy atom. The van der Waals surface area contributed by atoms with Gasteiger partial charge in [-0.15, -0.1) is 11.8 Å². The van der Waals surface area contributed by atoms with Crippen molar-refractivity contribution in [3.8, 4) is 0 Å². The number of fused-ring (bicyclic) bond motifs is 1. The van der Waals surface area contributed by atoms with Gasteiger partial charge in [0.25, 0.3) is 5.91 Å². The number of thioether (sulfide) groups is 1. The van der Waals surface area contributed by atoms with Gasteiger partial charge in [-0.2, -0.15) is 0 Å². The monoisotopic (exact) mass is 399 g/mol. The minimum absolute atomic E-state index is 0.157. The van der Waals surface area contributed by atoms with Crippen LogP contribution in [0.5, 0.6) is 0 Å². The molecule has 2 aromatic carbocycles. The second-order valence-corrected chi connectivity index (χ2v) is 6.83. The lowest BCUT2D eigenvalue weighted by molar-refractivity contribution is -0.129. The summed E-state index contributed by atoms with van der Waals surface area (Å²) in [5.41, 5.74) is 1.11. The first-order valence-electron chi connectivity index (χ1n) is 8.33. The van der Waals surface area contributed by atoms with Crippen molar-refractivity contribution in [3.63, 3.8) is 0 Å². The number of imide groups is 1. The van der Waals surface area contributed by atoms with Crippen molar-refractivity contribution >= 4 is 41.3 Å². The smallest absolute Gasteiger partial charge is 0.339 e. The zero-order chi connectivity index (χ0) is 20.1. The van der Waals surface area contributed by atoms with Crippen molar-refractivity contribution in [1.82, 2.24) is 10.6 Å². The van der Waals surface area contributed by atoms with Crippen LogP contribution < -0.4 is 16.0 Å². The first-order chi connectivity index (χ1) is 13.5. The maximum absolute atomic E-state index is 12.6. The highest BCUT2D eigenvalue weighted by Crippen LogP contribution is 2.32. The van der Waals surface area contributed by atoms with E-state index in [9.17, 15) is 19.2 Å². The standard InChI is InChI=1S/C19H17N3O5S/c1-20-19(26)22-17(24)16(11-5-3-2-4-6-11)27-18(25)12-7-8-14-13(9-12)21-15(23)10-28-14/h2-9,16H,10H2,1H3,(H,21,23)(H2,20,22,24,26)/t16-/m1/s1. The van der Waals surface area contributed by atoms with Crippen LogP contribution in [0.2, 0.25) is 0 Å². The van der Waals surface area contributed by atoms with E-state index in [-0.39, 0.29) is 11.5 Å². The number of hydrogen-bond donors (Lipinski definition) is 3. The van der Waals surface area contributed by atoms with E-state index in [0.717, 1.165) is 4.90 Å². The van der Waals surface area contributed by atoms with E-state index in [1.54, 1.807) is 42.5 Å². The fourth-order valence-corrected chi connectivity index (χ4v) is 3.31. The topological polar surface area (TPSA) is 114 Å². The van der Waals surface area contributed by atoms with Gasteiger partial charge in [0, 0.05) is 17.5 Å². The molecule has 9 heteroatoms. The van der Waals surface area contributed by atoms with Crippen molar-refractivity contribution in [2.24, 2.45) is 0 Å². The second kappa shape index (κ2) is 8.57. The van der Waals surface area contributed by atoms with Crippen molar-refractivity contribution in [2.75, 3.05) is 18.1 Å². The molecule has 144 valence electrons. The number of urea groups is 1. The Hall–Kier alpha value is -3.33. The Kier molecular flexibility index (Phi) is 5.95. The third-order valence-corrected chi connectivity index (χ3v) is 4.95. The number of anilines is 1. The predicted octanol–water partition coefficient (Wildman–Crippen LogP) is 2.08. The van der Waals surface area contributed by atoms with Gasteiger partial charge in [0.05, 0.1) is 17.0 Å². The first kappa shape index (κ1) is 19.4. The normalized spacial score (nSPS) is 13.5. The minimum atomic E-state index is -1.31. The molecule has 0 unspecified atom stereocenters. The molecule has 0 radical (unpaired) electrons. The van der Waals surface area contributed by atoms with Gasteiger partial charge in [0.15, 0.2) is 0 Å². The summed E-state index contributed by atoms with van der Waals surface area (Å²) in [6.45, 7) is 0. The number of ether oxygens (including phenoxy) is 1. The number of hydrogen-bond acceptors (Lipinski definition) is 6. The fraction of sp³-hybridized carbons (Fsp3) is 0.158. The fourth-order valence-electron chi connectivity index (χ4n) is 2.53. The highest BCUT2D eigenvalue weighted by Gasteiger charge is 2.27. The molecule has 4 amide bonds. The highest BCUT2D eigenvalue weighted by atomic mass is 32.2. The molecule has 0 fully saturated rings. The van der Waals surface area contributed by atoms with Crippen LogP contribution in [0, 0.1) is 0 Å². The molecule has 2 aromatic rings. The Bertz CT molecular complexity index is 932. The number of benzene rings is 2. The van der Waals surface area contributed by atoms with E-state index in [4.69, 9.17) is 4.74 Å². The summed E-state index contributed by atoms with van der Waals surface area (Å²) in [5.74, 6) is -1.38. The van der Waals surface area contributed by atoms with E-state index in [2.05, 4.69) is 16.0 Å². The van der Waals surface area contributed by atoms with Crippen LogP contribution in [-0.4, -0.2) is 36.6 Å². The van der Waals surface area contributed by atoms with Crippen molar-refractivity contribution in [3.05, 3.63) is 59.7 Å². The molecule has 0 bridgehead atoms. The predicted molar refractivity (Wildman–Crippen MR) is 103 cm³/mol. The van der Waals surface area contributed by atoms with E-state index < -0.39 is 24.0 Å². The number of rotatable bonds is 4. The van der Waals surface area contributed by atoms with E-state index in [0.29, 0.717) is 17.0 Å². The van der Waals surface area contributed by atoms with Crippen molar-refractivity contribution in [1.29, 1.82) is 0 Å². The highest BCUT2D eigenvalue weighted by molar-refractivity contribution is 8.00. The van der Waals surface area contributed by atoms with Crippen LogP contribution in [0.25, 0.3) is 0 Å². The van der Waals surface area contributed by atoms with Gasteiger partial charge in [-0.3, -0.25) is 14.9 Å². The third-order valence-electron chi connectivity index (χ3n) is 3.88. The Morgan fingerprint density at radius 1 is 1.14 bits per heavy atom. The number of amides is 4. The zero-order valence-corrected chi connectivity index (χ0v) is 15.7. The average molecular weight is 399 g/mol. The summed E-state index contributed by atoms with van der Waals surface area (Å²) < 4.78 is 5.40. The summed E-state index contributed by atoms with van der Waals surface area (Å²) in [5, 5.41) is 7.08. The van der Waals surface area contributed by atoms with Gasteiger partial charge in [-0.25, -0.2) is 9.59 Å². The van der Waals surface area contributed by atoms with Crippen LogP contribution in [-0.2, 0) is 14.3 Å². The van der Waals surface area contributed by atoms with Crippen LogP contribution in [0.15, 0.2) is 53.4 Å². The molecular formula is C19H17N3O5S. The Balaban J connectivity index is 1.83. The molecule has 3 N–H and O–H groups in total. The van der Waals surface area contributed by atoms with Gasteiger partial charge in [0.2, 0.25) is 12.0 Å². The van der Waals surface area contributed by atoms with Crippen molar-refractivity contribution < 1.29 is 23.9 Å². The van der Waals surface area contributed by atoms with Gasteiger partial charge in [-0.1, -0.05) is 30.3 Å². The Morgan fingerprint density at radius 3 is 2.61 bits per heavy atom. The lowest BCUT2D eigenvalue weighted by Crippen LogP contribution is -2.41. The number of esters is 1. The molecule has 1 aliphatic rings. The number of nitrogens with one attached hydrogen (secondary N) is 3. The van der Waals surface area contributed by atoms with Crippen LogP contribution in [0.1, 0.15) is 22.0 Å². The van der Waals surface area contributed by atoms with Gasteiger partial charge < -0.3 is 15.4 Å². The molecule has 3 rings (SSSR count). The van der Waals surface area contributed by atoms with E-state index in [1.165, 1.54) is 24.9 Å². The quantitative estimate of drug-likeness (QED) is 0.679. The average Bonchev–Trinajstić information content (AvgIpc) is 2.71. The lowest BCUT2D eigenvalue weighted by atomic mass is 10.1. The molecule has 0 spiro atoms. The molecule has 1 heterocycles. The Labute approximate surface area is 165 Å². The maximum atomic E-state index is 12.6. The molecular weight excluding hydrogens is 382 g/mol. The number of carbonyl (C=O) groups excluding carboxylic acids is 4. The zero-order valence-electron chi connectivity index (χ0n) is 14.9. The van der Waals surface area contributed by atoms with Crippen LogP contribution >= 0.6 is 11.8 Å². The lowest BCUT2D eigenvalue weighted by Gasteiger charge is -2.19. The first-order valence-corrected chi connectivity index (χ1v) is 9.31. The summed E-state index contributed by atoms with van der Waals surface area (Å²) in [7, 11) is 1.37. The van der Waals surface area contributed by atoms with E-state index in [1.807, 2.05) is 0 Å².